The van der Waals surface area contributed by atoms with Crippen LogP contribution < -0.4 is 0 Å². The summed E-state index contributed by atoms with van der Waals surface area (Å²) in [6.45, 7) is 8.68. The Labute approximate surface area is 154 Å². The van der Waals surface area contributed by atoms with Crippen molar-refractivity contribution in [3.63, 3.8) is 0 Å². The van der Waals surface area contributed by atoms with E-state index in [-0.39, 0.29) is 5.91 Å². The fourth-order valence-corrected chi connectivity index (χ4v) is 3.98. The van der Waals surface area contributed by atoms with Crippen LogP contribution in [0.15, 0.2) is 29.6 Å². The van der Waals surface area contributed by atoms with E-state index in [9.17, 15) is 4.79 Å². The number of piperazine rings is 1. The second-order valence-corrected chi connectivity index (χ2v) is 7.67. The summed E-state index contributed by atoms with van der Waals surface area (Å²) in [4.78, 5) is 21.5. The average Bonchev–Trinajstić information content (AvgIpc) is 3.08. The molecule has 0 aliphatic carbocycles. The van der Waals surface area contributed by atoms with E-state index in [0.29, 0.717) is 6.42 Å². The lowest BCUT2D eigenvalue weighted by Crippen LogP contribution is -2.48. The van der Waals surface area contributed by atoms with E-state index in [1.165, 1.54) is 21.8 Å². The van der Waals surface area contributed by atoms with Gasteiger partial charge in [0.25, 0.3) is 0 Å². The van der Waals surface area contributed by atoms with E-state index in [4.69, 9.17) is 0 Å². The molecule has 1 aliphatic heterocycles. The Morgan fingerprint density at radius 3 is 2.72 bits per heavy atom. The van der Waals surface area contributed by atoms with Crippen LogP contribution in [0.1, 0.15) is 35.2 Å². The molecule has 1 fully saturated rings. The summed E-state index contributed by atoms with van der Waals surface area (Å²) >= 11 is 1.75. The zero-order valence-electron chi connectivity index (χ0n) is 15.2. The minimum absolute atomic E-state index is 0.281. The van der Waals surface area contributed by atoms with Gasteiger partial charge in [-0.05, 0) is 25.3 Å². The van der Waals surface area contributed by atoms with Crippen molar-refractivity contribution in [2.75, 3.05) is 26.2 Å². The number of benzene rings is 1. The minimum atomic E-state index is 0.281. The zero-order valence-corrected chi connectivity index (χ0v) is 16.0. The number of aryl methyl sites for hydroxylation is 3. The van der Waals surface area contributed by atoms with Crippen molar-refractivity contribution in [1.29, 1.82) is 0 Å². The van der Waals surface area contributed by atoms with Crippen LogP contribution in [-0.4, -0.2) is 46.9 Å². The van der Waals surface area contributed by atoms with Gasteiger partial charge in [-0.25, -0.2) is 4.98 Å². The van der Waals surface area contributed by atoms with E-state index in [2.05, 4.69) is 53.4 Å². The molecule has 1 aliphatic rings. The number of carbonyl (C=O) groups excluding carboxylic acids is 1. The van der Waals surface area contributed by atoms with Crippen molar-refractivity contribution in [3.8, 4) is 0 Å². The molecule has 0 saturated carbocycles. The zero-order chi connectivity index (χ0) is 17.6. The predicted octanol–water partition coefficient (Wildman–Crippen LogP) is 3.29. The van der Waals surface area contributed by atoms with Crippen LogP contribution in [0.3, 0.4) is 0 Å². The molecular formula is C20H27N3OS. The van der Waals surface area contributed by atoms with Crippen molar-refractivity contribution in [1.82, 2.24) is 14.8 Å². The van der Waals surface area contributed by atoms with Gasteiger partial charge < -0.3 is 4.90 Å². The van der Waals surface area contributed by atoms with Crippen LogP contribution >= 0.6 is 11.3 Å². The maximum atomic E-state index is 12.5. The van der Waals surface area contributed by atoms with Crippen LogP contribution in [0.5, 0.6) is 0 Å². The van der Waals surface area contributed by atoms with Gasteiger partial charge in [-0.1, -0.05) is 36.8 Å². The van der Waals surface area contributed by atoms with Crippen LogP contribution in [0, 0.1) is 6.92 Å². The summed E-state index contributed by atoms with van der Waals surface area (Å²) < 4.78 is 0. The number of rotatable bonds is 6. The fourth-order valence-electron chi connectivity index (χ4n) is 3.25. The quantitative estimate of drug-likeness (QED) is 0.796. The Balaban J connectivity index is 1.42. The molecule has 2 aromatic rings. The minimum Gasteiger partial charge on any atom is -0.340 e. The number of hydrogen-bond acceptors (Lipinski definition) is 4. The summed E-state index contributed by atoms with van der Waals surface area (Å²) in [5.41, 5.74) is 3.68. The lowest BCUT2D eigenvalue weighted by atomic mass is 10.1. The molecule has 0 bridgehead atoms. The summed E-state index contributed by atoms with van der Waals surface area (Å²) in [5.74, 6) is 0.281. The summed E-state index contributed by atoms with van der Waals surface area (Å²) in [7, 11) is 0. The maximum Gasteiger partial charge on any atom is 0.222 e. The van der Waals surface area contributed by atoms with Gasteiger partial charge >= 0.3 is 0 Å². The van der Waals surface area contributed by atoms with E-state index in [1.54, 1.807) is 11.3 Å². The topological polar surface area (TPSA) is 36.4 Å². The van der Waals surface area contributed by atoms with Crippen molar-refractivity contribution >= 4 is 17.2 Å². The second kappa shape index (κ2) is 8.59. The lowest BCUT2D eigenvalue weighted by Gasteiger charge is -2.34. The van der Waals surface area contributed by atoms with Gasteiger partial charge in [0.2, 0.25) is 5.91 Å². The highest BCUT2D eigenvalue weighted by Crippen LogP contribution is 2.14. The van der Waals surface area contributed by atoms with Crippen molar-refractivity contribution in [3.05, 3.63) is 51.5 Å². The van der Waals surface area contributed by atoms with E-state index < -0.39 is 0 Å². The van der Waals surface area contributed by atoms with E-state index >= 15 is 0 Å². The normalized spacial score (nSPS) is 15.5. The van der Waals surface area contributed by atoms with Crippen LogP contribution in [0.2, 0.25) is 0 Å². The van der Waals surface area contributed by atoms with E-state index in [0.717, 1.165) is 45.6 Å². The molecule has 1 amide bonds. The Morgan fingerprint density at radius 2 is 2.04 bits per heavy atom. The van der Waals surface area contributed by atoms with Gasteiger partial charge in [0.1, 0.15) is 0 Å². The predicted molar refractivity (Wildman–Crippen MR) is 103 cm³/mol. The third kappa shape index (κ3) is 5.13. The average molecular weight is 358 g/mol. The molecule has 0 N–H and O–H groups in total. The molecule has 1 aromatic heterocycles. The lowest BCUT2D eigenvalue weighted by molar-refractivity contribution is -0.133. The van der Waals surface area contributed by atoms with Crippen molar-refractivity contribution in [2.45, 2.75) is 39.7 Å². The highest BCUT2D eigenvalue weighted by atomic mass is 32.1. The highest BCUT2D eigenvalue weighted by Gasteiger charge is 2.21. The molecule has 0 atom stereocenters. The monoisotopic (exact) mass is 357 g/mol. The molecule has 3 rings (SSSR count). The standard InChI is InChI=1S/C20H27N3OS/c1-3-19-21-18(15-25-19)14-22-9-11-23(12-10-22)20(24)8-7-17-6-4-5-16(2)13-17/h4-6,13,15H,3,7-12,14H2,1-2H3. The first-order valence-corrected chi connectivity index (χ1v) is 10.0. The Morgan fingerprint density at radius 1 is 1.24 bits per heavy atom. The molecule has 4 nitrogen and oxygen atoms in total. The number of hydrogen-bond donors (Lipinski definition) is 0. The largest absolute Gasteiger partial charge is 0.340 e. The summed E-state index contributed by atoms with van der Waals surface area (Å²) in [6, 6.07) is 8.44. The second-order valence-electron chi connectivity index (χ2n) is 6.73. The van der Waals surface area contributed by atoms with Gasteiger partial charge in [-0.3, -0.25) is 9.69 Å². The summed E-state index contributed by atoms with van der Waals surface area (Å²) in [6.07, 6.45) is 2.45. The Bertz CT molecular complexity index is 704. The third-order valence-electron chi connectivity index (χ3n) is 4.72. The van der Waals surface area contributed by atoms with Crippen LogP contribution in [-0.2, 0) is 24.2 Å². The SMILES string of the molecule is CCc1nc(CN2CCN(C(=O)CCc3cccc(C)c3)CC2)cs1. The number of thiazole rings is 1. The molecule has 1 aromatic carbocycles. The molecular weight excluding hydrogens is 330 g/mol. The number of aromatic nitrogens is 1. The van der Waals surface area contributed by atoms with Crippen LogP contribution in [0.4, 0.5) is 0 Å². The Hall–Kier alpha value is -1.72. The molecule has 5 heteroatoms. The molecule has 1 saturated heterocycles. The van der Waals surface area contributed by atoms with E-state index in [1.807, 2.05) is 4.90 Å². The maximum absolute atomic E-state index is 12.5. The number of nitrogens with zero attached hydrogens (tertiary/aromatic N) is 3. The first-order chi connectivity index (χ1) is 12.1. The van der Waals surface area contributed by atoms with Gasteiger partial charge in [-0.15, -0.1) is 11.3 Å². The molecule has 0 radical (unpaired) electrons. The number of carbonyl (C=O) groups is 1. The molecule has 2 heterocycles. The molecule has 0 unspecified atom stereocenters. The summed E-state index contributed by atoms with van der Waals surface area (Å²) in [5, 5.41) is 3.37. The Kier molecular flexibility index (Phi) is 6.21. The van der Waals surface area contributed by atoms with Gasteiger partial charge in [0.15, 0.2) is 0 Å². The van der Waals surface area contributed by atoms with Crippen molar-refractivity contribution < 1.29 is 4.79 Å². The van der Waals surface area contributed by atoms with Crippen LogP contribution in [0.25, 0.3) is 0 Å². The fraction of sp³-hybridized carbons (Fsp3) is 0.500. The van der Waals surface area contributed by atoms with Crippen molar-refractivity contribution in [2.24, 2.45) is 0 Å². The first-order valence-electron chi connectivity index (χ1n) is 9.13. The third-order valence-corrected chi connectivity index (χ3v) is 5.76. The molecule has 0 spiro atoms. The smallest absolute Gasteiger partial charge is 0.222 e. The van der Waals surface area contributed by atoms with Gasteiger partial charge in [0.05, 0.1) is 10.7 Å². The van der Waals surface area contributed by atoms with Gasteiger partial charge in [-0.2, -0.15) is 0 Å². The van der Waals surface area contributed by atoms with Gasteiger partial charge in [0, 0.05) is 44.5 Å². The molecule has 25 heavy (non-hydrogen) atoms. The highest BCUT2D eigenvalue weighted by molar-refractivity contribution is 7.09. The first kappa shape index (κ1) is 18.1. The number of amides is 1. The molecule has 134 valence electrons.